The Morgan fingerprint density at radius 2 is 1.67 bits per heavy atom. The van der Waals surface area contributed by atoms with Gasteiger partial charge in [0.25, 0.3) is 11.8 Å². The first-order chi connectivity index (χ1) is 13.0. The molecule has 1 aliphatic heterocycles. The van der Waals surface area contributed by atoms with E-state index in [1.165, 1.54) is 33.7 Å². The van der Waals surface area contributed by atoms with Crippen LogP contribution in [0.2, 0.25) is 0 Å². The molecule has 8 heteroatoms. The maximum Gasteiger partial charge on any atom is 0.330 e. The SMILES string of the molecule is CCOC(=O)C(CSSc1ccc(F)cc1)N1C(=O)c2ccccc2C1=O. The maximum atomic E-state index is 13.0. The van der Waals surface area contributed by atoms with Crippen molar-refractivity contribution < 1.29 is 23.5 Å². The molecule has 0 fully saturated rings. The first-order valence-corrected chi connectivity index (χ1v) is 10.5. The van der Waals surface area contributed by atoms with Gasteiger partial charge in [0.15, 0.2) is 0 Å². The molecule has 2 amide bonds. The summed E-state index contributed by atoms with van der Waals surface area (Å²) in [6, 6.07) is 11.4. The average Bonchev–Trinajstić information content (AvgIpc) is 2.92. The molecule has 0 bridgehead atoms. The van der Waals surface area contributed by atoms with Gasteiger partial charge in [-0.05, 0) is 43.3 Å². The van der Waals surface area contributed by atoms with Gasteiger partial charge in [0.1, 0.15) is 11.9 Å². The minimum Gasteiger partial charge on any atom is -0.464 e. The zero-order valence-electron chi connectivity index (χ0n) is 14.4. The van der Waals surface area contributed by atoms with Crippen molar-refractivity contribution in [1.82, 2.24) is 4.90 Å². The van der Waals surface area contributed by atoms with Gasteiger partial charge in [-0.3, -0.25) is 14.5 Å². The molecule has 0 saturated heterocycles. The normalized spacial score (nSPS) is 14.2. The fourth-order valence-corrected chi connectivity index (χ4v) is 4.83. The number of hydrogen-bond acceptors (Lipinski definition) is 6. The highest BCUT2D eigenvalue weighted by molar-refractivity contribution is 8.76. The lowest BCUT2D eigenvalue weighted by atomic mass is 10.1. The zero-order valence-corrected chi connectivity index (χ0v) is 16.0. The number of esters is 1. The van der Waals surface area contributed by atoms with E-state index in [1.807, 2.05) is 0 Å². The number of benzene rings is 2. The van der Waals surface area contributed by atoms with Crippen LogP contribution in [0.25, 0.3) is 0 Å². The number of nitrogens with zero attached hydrogens (tertiary/aromatic N) is 1. The predicted octanol–water partition coefficient (Wildman–Crippen LogP) is 3.79. The Balaban J connectivity index is 1.76. The summed E-state index contributed by atoms with van der Waals surface area (Å²) in [7, 11) is 2.62. The zero-order chi connectivity index (χ0) is 19.4. The van der Waals surface area contributed by atoms with Crippen molar-refractivity contribution in [2.75, 3.05) is 12.4 Å². The van der Waals surface area contributed by atoms with Crippen molar-refractivity contribution in [3.05, 3.63) is 65.5 Å². The molecular formula is C19H16FNO4S2. The topological polar surface area (TPSA) is 63.7 Å². The lowest BCUT2D eigenvalue weighted by Gasteiger charge is -2.23. The molecule has 1 unspecified atom stereocenters. The number of ether oxygens (including phenoxy) is 1. The van der Waals surface area contributed by atoms with Crippen LogP contribution in [0, 0.1) is 5.82 Å². The number of carbonyl (C=O) groups is 3. The fraction of sp³-hybridized carbons (Fsp3) is 0.211. The highest BCUT2D eigenvalue weighted by Gasteiger charge is 2.43. The highest BCUT2D eigenvalue weighted by atomic mass is 33.1. The third kappa shape index (κ3) is 4.17. The van der Waals surface area contributed by atoms with Crippen molar-refractivity contribution in [1.29, 1.82) is 0 Å². The van der Waals surface area contributed by atoms with Gasteiger partial charge in [-0.1, -0.05) is 33.7 Å². The first-order valence-electron chi connectivity index (χ1n) is 8.21. The average molecular weight is 405 g/mol. The lowest BCUT2D eigenvalue weighted by Crippen LogP contribution is -2.47. The molecular weight excluding hydrogens is 389 g/mol. The molecule has 2 aromatic carbocycles. The van der Waals surface area contributed by atoms with E-state index in [0.29, 0.717) is 0 Å². The number of carbonyl (C=O) groups excluding carboxylic acids is 3. The van der Waals surface area contributed by atoms with Crippen molar-refractivity contribution in [3.8, 4) is 0 Å². The Bertz CT molecular complexity index is 837. The van der Waals surface area contributed by atoms with Crippen LogP contribution in [0.5, 0.6) is 0 Å². The van der Waals surface area contributed by atoms with Gasteiger partial charge >= 0.3 is 5.97 Å². The molecule has 1 aliphatic rings. The van der Waals surface area contributed by atoms with Crippen LogP contribution in [-0.2, 0) is 9.53 Å². The van der Waals surface area contributed by atoms with Crippen molar-refractivity contribution in [2.24, 2.45) is 0 Å². The van der Waals surface area contributed by atoms with E-state index < -0.39 is 23.8 Å². The standard InChI is InChI=1S/C19H16FNO4S2/c1-2-25-19(24)16(11-26-27-13-9-7-12(20)8-10-13)21-17(22)14-5-3-4-6-15(14)18(21)23/h3-10,16H,2,11H2,1H3. The molecule has 0 aliphatic carbocycles. The summed E-state index contributed by atoms with van der Waals surface area (Å²) in [5, 5.41) is 0. The number of amides is 2. The molecule has 0 saturated carbocycles. The second-order valence-corrected chi connectivity index (χ2v) is 8.03. The summed E-state index contributed by atoms with van der Waals surface area (Å²) < 4.78 is 18.1. The number of halogens is 1. The van der Waals surface area contributed by atoms with Crippen molar-refractivity contribution >= 4 is 39.4 Å². The molecule has 0 radical (unpaired) electrons. The number of hydrogen-bond donors (Lipinski definition) is 0. The second-order valence-electron chi connectivity index (χ2n) is 5.62. The van der Waals surface area contributed by atoms with Gasteiger partial charge in [0.05, 0.1) is 17.7 Å². The van der Waals surface area contributed by atoms with Crippen molar-refractivity contribution in [3.63, 3.8) is 0 Å². The monoisotopic (exact) mass is 405 g/mol. The summed E-state index contributed by atoms with van der Waals surface area (Å²) >= 11 is 0. The molecule has 27 heavy (non-hydrogen) atoms. The molecule has 0 aromatic heterocycles. The summed E-state index contributed by atoms with van der Waals surface area (Å²) in [5.41, 5.74) is 0.570. The minimum atomic E-state index is -1.03. The third-order valence-electron chi connectivity index (χ3n) is 3.89. The van der Waals surface area contributed by atoms with Gasteiger partial charge < -0.3 is 4.74 Å². The predicted molar refractivity (Wildman–Crippen MR) is 102 cm³/mol. The number of fused-ring (bicyclic) bond motifs is 1. The fourth-order valence-electron chi connectivity index (χ4n) is 2.63. The van der Waals surface area contributed by atoms with Gasteiger partial charge in [-0.15, -0.1) is 0 Å². The molecule has 0 N–H and O–H groups in total. The van der Waals surface area contributed by atoms with Crippen LogP contribution in [-0.4, -0.2) is 41.1 Å². The number of rotatable bonds is 7. The third-order valence-corrected chi connectivity index (χ3v) is 6.26. The summed E-state index contributed by atoms with van der Waals surface area (Å²) in [6.07, 6.45) is 0. The number of imide groups is 1. The van der Waals surface area contributed by atoms with E-state index in [2.05, 4.69) is 0 Å². The Morgan fingerprint density at radius 3 is 2.22 bits per heavy atom. The van der Waals surface area contributed by atoms with Gasteiger partial charge in [0, 0.05) is 10.6 Å². The molecule has 2 aromatic rings. The van der Waals surface area contributed by atoms with Crippen LogP contribution >= 0.6 is 21.6 Å². The van der Waals surface area contributed by atoms with Crippen LogP contribution in [0.4, 0.5) is 4.39 Å². The van der Waals surface area contributed by atoms with E-state index in [4.69, 9.17) is 4.74 Å². The van der Waals surface area contributed by atoms with E-state index >= 15 is 0 Å². The molecule has 0 spiro atoms. The largest absolute Gasteiger partial charge is 0.464 e. The minimum absolute atomic E-state index is 0.147. The van der Waals surface area contributed by atoms with Gasteiger partial charge in [-0.25, -0.2) is 9.18 Å². The summed E-state index contributed by atoms with van der Waals surface area (Å²) in [6.45, 7) is 1.81. The maximum absolute atomic E-state index is 13.0. The smallest absolute Gasteiger partial charge is 0.330 e. The summed E-state index contributed by atoms with van der Waals surface area (Å²) in [4.78, 5) is 39.5. The van der Waals surface area contributed by atoms with Crippen molar-refractivity contribution in [2.45, 2.75) is 17.9 Å². The molecule has 5 nitrogen and oxygen atoms in total. The lowest BCUT2D eigenvalue weighted by molar-refractivity contribution is -0.146. The van der Waals surface area contributed by atoms with E-state index in [-0.39, 0.29) is 29.3 Å². The molecule has 3 rings (SSSR count). The van der Waals surface area contributed by atoms with Gasteiger partial charge in [0.2, 0.25) is 0 Å². The van der Waals surface area contributed by atoms with E-state index in [0.717, 1.165) is 9.80 Å². The molecule has 1 heterocycles. The quantitative estimate of drug-likeness (QED) is 0.397. The Hall–Kier alpha value is -2.32. The Labute approximate surface area is 163 Å². The first kappa shape index (κ1) is 19.4. The Kier molecular flexibility index (Phi) is 6.18. The van der Waals surface area contributed by atoms with Crippen LogP contribution in [0.3, 0.4) is 0 Å². The summed E-state index contributed by atoms with van der Waals surface area (Å²) in [5.74, 6) is -1.80. The van der Waals surface area contributed by atoms with Crippen LogP contribution < -0.4 is 0 Å². The second kappa shape index (κ2) is 8.58. The molecule has 1 atom stereocenters. The highest BCUT2D eigenvalue weighted by Crippen LogP contribution is 2.34. The van der Waals surface area contributed by atoms with Gasteiger partial charge in [-0.2, -0.15) is 0 Å². The van der Waals surface area contributed by atoms with E-state index in [1.54, 1.807) is 43.3 Å². The van der Waals surface area contributed by atoms with Crippen LogP contribution in [0.1, 0.15) is 27.6 Å². The molecule has 140 valence electrons. The van der Waals surface area contributed by atoms with E-state index in [9.17, 15) is 18.8 Å². The Morgan fingerprint density at radius 1 is 1.07 bits per heavy atom. The van der Waals surface area contributed by atoms with Crippen LogP contribution in [0.15, 0.2) is 53.4 Å².